The second kappa shape index (κ2) is 7.34. The fraction of sp³-hybridized carbons (Fsp3) is 0.188. The fourth-order valence-corrected chi connectivity index (χ4v) is 2.18. The van der Waals surface area contributed by atoms with Crippen LogP contribution in [0.1, 0.15) is 12.0 Å². The molecule has 2 N–H and O–H groups in total. The van der Waals surface area contributed by atoms with Crippen molar-refractivity contribution < 1.29 is 4.79 Å². The van der Waals surface area contributed by atoms with E-state index in [2.05, 4.69) is 10.6 Å². The van der Waals surface area contributed by atoms with Crippen LogP contribution in [0.15, 0.2) is 42.5 Å². The van der Waals surface area contributed by atoms with Gasteiger partial charge in [-0.1, -0.05) is 41.4 Å². The van der Waals surface area contributed by atoms with Crippen molar-refractivity contribution in [1.29, 1.82) is 0 Å². The molecule has 2 rings (SSSR count). The third kappa shape index (κ3) is 4.66. The van der Waals surface area contributed by atoms with Gasteiger partial charge in [0.1, 0.15) is 0 Å². The first-order valence-electron chi connectivity index (χ1n) is 6.60. The number of hydrogen-bond donors (Lipinski definition) is 2. The first-order valence-corrected chi connectivity index (χ1v) is 7.36. The van der Waals surface area contributed by atoms with E-state index in [1.54, 1.807) is 18.2 Å². The van der Waals surface area contributed by atoms with Crippen molar-refractivity contribution in [1.82, 2.24) is 0 Å². The number of carbonyl (C=O) groups excluding carboxylic acids is 1. The first kappa shape index (κ1) is 15.7. The summed E-state index contributed by atoms with van der Waals surface area (Å²) in [6.45, 7) is 2.59. The van der Waals surface area contributed by atoms with Gasteiger partial charge in [-0.15, -0.1) is 0 Å². The van der Waals surface area contributed by atoms with E-state index in [1.807, 2.05) is 31.2 Å². The van der Waals surface area contributed by atoms with Gasteiger partial charge in [-0.25, -0.2) is 0 Å². The van der Waals surface area contributed by atoms with Gasteiger partial charge in [0, 0.05) is 24.3 Å². The highest BCUT2D eigenvalue weighted by Crippen LogP contribution is 2.25. The first-order chi connectivity index (χ1) is 10.1. The molecule has 0 radical (unpaired) electrons. The van der Waals surface area contributed by atoms with Crippen LogP contribution in [0.3, 0.4) is 0 Å². The Morgan fingerprint density at radius 1 is 1.10 bits per heavy atom. The lowest BCUT2D eigenvalue weighted by atomic mass is 10.2. The SMILES string of the molecule is Cc1ccccc1NCCC(=O)Nc1ccc(Cl)c(Cl)c1. The number of nitrogens with one attached hydrogen (secondary N) is 2. The highest BCUT2D eigenvalue weighted by Gasteiger charge is 2.05. The Morgan fingerprint density at radius 3 is 2.57 bits per heavy atom. The molecule has 0 heterocycles. The van der Waals surface area contributed by atoms with Gasteiger partial charge in [0.2, 0.25) is 5.91 Å². The van der Waals surface area contributed by atoms with Crippen molar-refractivity contribution in [3.63, 3.8) is 0 Å². The van der Waals surface area contributed by atoms with Crippen molar-refractivity contribution in [2.75, 3.05) is 17.2 Å². The molecule has 0 aromatic heterocycles. The highest BCUT2D eigenvalue weighted by molar-refractivity contribution is 6.42. The molecule has 2 aromatic carbocycles. The molecule has 0 fully saturated rings. The van der Waals surface area contributed by atoms with Gasteiger partial charge in [0.25, 0.3) is 0 Å². The maximum Gasteiger partial charge on any atom is 0.226 e. The summed E-state index contributed by atoms with van der Waals surface area (Å²) in [5.74, 6) is -0.0746. The van der Waals surface area contributed by atoms with Crippen LogP contribution < -0.4 is 10.6 Å². The maximum absolute atomic E-state index is 11.9. The van der Waals surface area contributed by atoms with Crippen LogP contribution in [0.4, 0.5) is 11.4 Å². The lowest BCUT2D eigenvalue weighted by Gasteiger charge is -2.10. The van der Waals surface area contributed by atoms with Gasteiger partial charge in [-0.05, 0) is 36.8 Å². The fourth-order valence-electron chi connectivity index (χ4n) is 1.88. The molecular weight excluding hydrogens is 307 g/mol. The molecule has 0 saturated heterocycles. The van der Waals surface area contributed by atoms with Crippen LogP contribution in [0, 0.1) is 6.92 Å². The summed E-state index contributed by atoms with van der Waals surface area (Å²) in [6, 6.07) is 13.0. The van der Waals surface area contributed by atoms with E-state index in [-0.39, 0.29) is 5.91 Å². The number of amides is 1. The topological polar surface area (TPSA) is 41.1 Å². The van der Waals surface area contributed by atoms with Crippen molar-refractivity contribution in [2.24, 2.45) is 0 Å². The number of halogens is 2. The minimum Gasteiger partial charge on any atom is -0.384 e. The maximum atomic E-state index is 11.9. The van der Waals surface area contributed by atoms with E-state index in [9.17, 15) is 4.79 Å². The van der Waals surface area contributed by atoms with Gasteiger partial charge in [0.05, 0.1) is 10.0 Å². The summed E-state index contributed by atoms with van der Waals surface area (Å²) in [4.78, 5) is 11.9. The predicted molar refractivity (Wildman–Crippen MR) is 89.4 cm³/mol. The quantitative estimate of drug-likeness (QED) is 0.834. The molecule has 3 nitrogen and oxygen atoms in total. The average molecular weight is 323 g/mol. The highest BCUT2D eigenvalue weighted by atomic mass is 35.5. The van der Waals surface area contributed by atoms with Crippen molar-refractivity contribution in [3.8, 4) is 0 Å². The van der Waals surface area contributed by atoms with Crippen LogP contribution in [0.5, 0.6) is 0 Å². The van der Waals surface area contributed by atoms with E-state index < -0.39 is 0 Å². The Morgan fingerprint density at radius 2 is 1.86 bits per heavy atom. The van der Waals surface area contributed by atoms with Gasteiger partial charge >= 0.3 is 0 Å². The summed E-state index contributed by atoms with van der Waals surface area (Å²) in [5, 5.41) is 6.92. The molecule has 0 aliphatic carbocycles. The molecule has 0 atom stereocenters. The minimum atomic E-state index is -0.0746. The van der Waals surface area contributed by atoms with Crippen LogP contribution in [0.2, 0.25) is 10.0 Å². The van der Waals surface area contributed by atoms with E-state index in [4.69, 9.17) is 23.2 Å². The molecule has 0 saturated carbocycles. The van der Waals surface area contributed by atoms with Crippen LogP contribution in [0.25, 0.3) is 0 Å². The number of rotatable bonds is 5. The molecule has 5 heteroatoms. The molecule has 0 aliphatic heterocycles. The lowest BCUT2D eigenvalue weighted by Crippen LogP contribution is -2.16. The third-order valence-electron chi connectivity index (χ3n) is 3.02. The third-order valence-corrected chi connectivity index (χ3v) is 3.75. The largest absolute Gasteiger partial charge is 0.384 e. The molecule has 0 bridgehead atoms. The zero-order valence-electron chi connectivity index (χ0n) is 11.6. The predicted octanol–water partition coefficient (Wildman–Crippen LogP) is 4.74. The second-order valence-corrected chi connectivity index (χ2v) is 5.48. The van der Waals surface area contributed by atoms with E-state index in [0.717, 1.165) is 11.3 Å². The lowest BCUT2D eigenvalue weighted by molar-refractivity contribution is -0.115. The van der Waals surface area contributed by atoms with Gasteiger partial charge in [-0.2, -0.15) is 0 Å². The molecule has 21 heavy (non-hydrogen) atoms. The summed E-state index contributed by atoms with van der Waals surface area (Å²) < 4.78 is 0. The molecule has 0 unspecified atom stereocenters. The van der Waals surface area contributed by atoms with Gasteiger partial charge < -0.3 is 10.6 Å². The number of para-hydroxylation sites is 1. The zero-order valence-corrected chi connectivity index (χ0v) is 13.1. The monoisotopic (exact) mass is 322 g/mol. The average Bonchev–Trinajstić information content (AvgIpc) is 2.45. The zero-order chi connectivity index (χ0) is 15.2. The molecule has 1 amide bonds. The number of benzene rings is 2. The Balaban J connectivity index is 1.82. The van der Waals surface area contributed by atoms with Crippen LogP contribution >= 0.6 is 23.2 Å². The standard InChI is InChI=1S/C16H16Cl2N2O/c1-11-4-2-3-5-15(11)19-9-8-16(21)20-12-6-7-13(17)14(18)10-12/h2-7,10,19H,8-9H2,1H3,(H,20,21). The summed E-state index contributed by atoms with van der Waals surface area (Å²) in [6.07, 6.45) is 0.370. The van der Waals surface area contributed by atoms with E-state index in [1.165, 1.54) is 0 Å². The number of carbonyl (C=O) groups is 1. The summed E-state index contributed by atoms with van der Waals surface area (Å²) >= 11 is 11.7. The summed E-state index contributed by atoms with van der Waals surface area (Å²) in [5.41, 5.74) is 2.84. The van der Waals surface area contributed by atoms with E-state index >= 15 is 0 Å². The van der Waals surface area contributed by atoms with E-state index in [0.29, 0.717) is 28.7 Å². The van der Waals surface area contributed by atoms with Crippen molar-refractivity contribution >= 4 is 40.5 Å². The van der Waals surface area contributed by atoms with Crippen molar-refractivity contribution in [3.05, 3.63) is 58.1 Å². The van der Waals surface area contributed by atoms with Crippen molar-refractivity contribution in [2.45, 2.75) is 13.3 Å². The second-order valence-electron chi connectivity index (χ2n) is 4.67. The Bertz CT molecular complexity index is 644. The van der Waals surface area contributed by atoms with Gasteiger partial charge in [0.15, 0.2) is 0 Å². The minimum absolute atomic E-state index is 0.0746. The molecular formula is C16H16Cl2N2O. The van der Waals surface area contributed by atoms with Crippen LogP contribution in [-0.2, 0) is 4.79 Å². The molecule has 0 spiro atoms. The number of anilines is 2. The summed E-state index contributed by atoms with van der Waals surface area (Å²) in [7, 11) is 0. The van der Waals surface area contributed by atoms with Crippen LogP contribution in [-0.4, -0.2) is 12.5 Å². The Labute approximate surface area is 134 Å². The Hall–Kier alpha value is -1.71. The smallest absolute Gasteiger partial charge is 0.226 e. The molecule has 2 aromatic rings. The number of aryl methyl sites for hydroxylation is 1. The molecule has 0 aliphatic rings. The number of hydrogen-bond acceptors (Lipinski definition) is 2. The normalized spacial score (nSPS) is 10.2. The van der Waals surface area contributed by atoms with Gasteiger partial charge in [-0.3, -0.25) is 4.79 Å². The molecule has 110 valence electrons. The Kier molecular flexibility index (Phi) is 5.48.